The summed E-state index contributed by atoms with van der Waals surface area (Å²) in [6, 6.07) is 6.45. The van der Waals surface area contributed by atoms with Gasteiger partial charge in [0.05, 0.1) is 44.6 Å². The Bertz CT molecular complexity index is 1260. The summed E-state index contributed by atoms with van der Waals surface area (Å²) in [5.74, 6) is -0.629. The summed E-state index contributed by atoms with van der Waals surface area (Å²) in [5, 5.41) is 2.96. The van der Waals surface area contributed by atoms with Crippen molar-refractivity contribution in [3.05, 3.63) is 45.6 Å². The van der Waals surface area contributed by atoms with E-state index in [-0.39, 0.29) is 42.3 Å². The van der Waals surface area contributed by atoms with Crippen molar-refractivity contribution in [2.75, 3.05) is 27.1 Å². The molecular formula is C27H31NO8S. The molecule has 2 aromatic carbocycles. The molecule has 0 aromatic heterocycles. The number of aryl methyl sites for hydroxylation is 1. The Hall–Kier alpha value is -3.53. The molecule has 198 valence electrons. The third kappa shape index (κ3) is 6.43. The van der Waals surface area contributed by atoms with Crippen molar-refractivity contribution in [3.8, 4) is 28.4 Å². The lowest BCUT2D eigenvalue weighted by atomic mass is 9.95. The molecule has 0 heterocycles. The van der Waals surface area contributed by atoms with Crippen LogP contribution < -0.4 is 25.0 Å². The van der Waals surface area contributed by atoms with Gasteiger partial charge in [0.2, 0.25) is 11.7 Å². The second-order valence-corrected chi connectivity index (χ2v) is 9.17. The van der Waals surface area contributed by atoms with Crippen LogP contribution in [0.2, 0.25) is 0 Å². The van der Waals surface area contributed by atoms with Crippen molar-refractivity contribution in [1.29, 1.82) is 0 Å². The quantitative estimate of drug-likeness (QED) is 0.294. The molecular weight excluding hydrogens is 498 g/mol. The number of carbonyl (C=O) groups excluding carboxylic acids is 3. The van der Waals surface area contributed by atoms with Gasteiger partial charge in [-0.3, -0.25) is 19.2 Å². The van der Waals surface area contributed by atoms with E-state index in [9.17, 15) is 19.2 Å². The average molecular weight is 530 g/mol. The van der Waals surface area contributed by atoms with Crippen molar-refractivity contribution in [2.24, 2.45) is 0 Å². The van der Waals surface area contributed by atoms with Crippen LogP contribution in [0, 0.1) is 0 Å². The molecule has 0 unspecified atom stereocenters. The highest BCUT2D eigenvalue weighted by molar-refractivity contribution is 7.98. The van der Waals surface area contributed by atoms with Gasteiger partial charge >= 0.3 is 11.9 Å². The number of hydrogen-bond acceptors (Lipinski definition) is 9. The molecule has 0 saturated heterocycles. The Kier molecular flexibility index (Phi) is 9.57. The molecule has 0 bridgehead atoms. The minimum absolute atomic E-state index is 0.103. The van der Waals surface area contributed by atoms with E-state index >= 15 is 0 Å². The minimum Gasteiger partial charge on any atom is -0.492 e. The second-order valence-electron chi connectivity index (χ2n) is 8.33. The Morgan fingerprint density at radius 3 is 2.38 bits per heavy atom. The average Bonchev–Trinajstić information content (AvgIpc) is 3.10. The van der Waals surface area contributed by atoms with Gasteiger partial charge in [-0.05, 0) is 60.9 Å². The predicted octanol–water partition coefficient (Wildman–Crippen LogP) is 3.83. The fourth-order valence-electron chi connectivity index (χ4n) is 4.40. The molecule has 0 radical (unpaired) electrons. The number of hydrogen-bond donors (Lipinski definition) is 1. The fraction of sp³-hybridized carbons (Fsp3) is 0.407. The fourth-order valence-corrected chi connectivity index (χ4v) is 4.86. The van der Waals surface area contributed by atoms with Gasteiger partial charge in [0.1, 0.15) is 0 Å². The van der Waals surface area contributed by atoms with Gasteiger partial charge in [-0.25, -0.2) is 0 Å². The number of nitrogens with one attached hydrogen (secondary N) is 1. The molecule has 1 aliphatic carbocycles. The van der Waals surface area contributed by atoms with Crippen molar-refractivity contribution < 1.29 is 33.3 Å². The first-order chi connectivity index (χ1) is 17.7. The monoisotopic (exact) mass is 529 g/mol. The maximum Gasteiger partial charge on any atom is 0.311 e. The lowest BCUT2D eigenvalue weighted by Gasteiger charge is -2.20. The lowest BCUT2D eigenvalue weighted by Crippen LogP contribution is -2.26. The van der Waals surface area contributed by atoms with E-state index in [0.29, 0.717) is 40.2 Å². The third-order valence-electron chi connectivity index (χ3n) is 5.94. The standard InChI is InChI=1S/C27H31NO8S/c1-6-35-23(31)11-12-24(32)36-21-13-16-7-9-19(28-15(2)29)18-14-20(30)22(37-5)10-8-17(18)25(16)27(34-4)26(21)33-3/h8,10,13-14,19H,6-7,9,11-12H2,1-5H3,(H,28,29)/t19-/m0/s1. The van der Waals surface area contributed by atoms with Gasteiger partial charge in [0.25, 0.3) is 0 Å². The van der Waals surface area contributed by atoms with Crippen LogP contribution in [0.5, 0.6) is 17.2 Å². The highest BCUT2D eigenvalue weighted by Crippen LogP contribution is 2.50. The molecule has 0 saturated carbocycles. The number of fused-ring (bicyclic) bond motifs is 3. The predicted molar refractivity (Wildman–Crippen MR) is 139 cm³/mol. The van der Waals surface area contributed by atoms with Gasteiger partial charge in [-0.15, -0.1) is 11.8 Å². The van der Waals surface area contributed by atoms with E-state index in [2.05, 4.69) is 5.32 Å². The summed E-state index contributed by atoms with van der Waals surface area (Å²) >= 11 is 1.34. The van der Waals surface area contributed by atoms with Crippen LogP contribution >= 0.6 is 11.8 Å². The van der Waals surface area contributed by atoms with Gasteiger partial charge < -0.3 is 24.3 Å². The first-order valence-electron chi connectivity index (χ1n) is 11.9. The van der Waals surface area contributed by atoms with Gasteiger partial charge in [-0.1, -0.05) is 6.07 Å². The summed E-state index contributed by atoms with van der Waals surface area (Å²) in [7, 11) is 2.92. The van der Waals surface area contributed by atoms with Gasteiger partial charge in [-0.2, -0.15) is 0 Å². The number of carbonyl (C=O) groups is 3. The maximum atomic E-state index is 12.9. The zero-order chi connectivity index (χ0) is 27.1. The van der Waals surface area contributed by atoms with Crippen LogP contribution in [0.3, 0.4) is 0 Å². The second kappa shape index (κ2) is 12.6. The van der Waals surface area contributed by atoms with Crippen LogP contribution in [0.25, 0.3) is 11.1 Å². The van der Waals surface area contributed by atoms with Crippen molar-refractivity contribution >= 4 is 29.6 Å². The summed E-state index contributed by atoms with van der Waals surface area (Å²) in [4.78, 5) is 49.7. The Morgan fingerprint density at radius 1 is 1.05 bits per heavy atom. The number of ether oxygens (including phenoxy) is 4. The lowest BCUT2D eigenvalue weighted by molar-refractivity contribution is -0.146. The van der Waals surface area contributed by atoms with Crippen LogP contribution in [-0.2, 0) is 25.5 Å². The van der Waals surface area contributed by atoms with E-state index in [1.807, 2.05) is 12.3 Å². The first kappa shape index (κ1) is 28.0. The number of thioether (sulfide) groups is 1. The summed E-state index contributed by atoms with van der Waals surface area (Å²) in [5.41, 5.74) is 2.71. The summed E-state index contributed by atoms with van der Waals surface area (Å²) in [6.45, 7) is 3.36. The van der Waals surface area contributed by atoms with Crippen molar-refractivity contribution in [2.45, 2.75) is 50.5 Å². The zero-order valence-corrected chi connectivity index (χ0v) is 22.4. The van der Waals surface area contributed by atoms with E-state index < -0.39 is 18.0 Å². The Labute approximate surface area is 219 Å². The number of methoxy groups -OCH3 is 2. The number of benzene rings is 1. The Morgan fingerprint density at radius 2 is 1.76 bits per heavy atom. The maximum absolute atomic E-state index is 12.9. The SMILES string of the molecule is CCOC(=O)CCC(=O)Oc1cc2c(c(OC)c1OC)-c1ccc(SC)c(=O)cc1[C@@H](NC(C)=O)CC2. The van der Waals surface area contributed by atoms with Crippen LogP contribution in [-0.4, -0.2) is 44.9 Å². The number of esters is 2. The smallest absolute Gasteiger partial charge is 0.311 e. The van der Waals surface area contributed by atoms with E-state index in [0.717, 1.165) is 5.56 Å². The first-order valence-corrected chi connectivity index (χ1v) is 13.1. The van der Waals surface area contributed by atoms with Crippen molar-refractivity contribution in [3.63, 3.8) is 0 Å². The molecule has 1 N–H and O–H groups in total. The Balaban J connectivity index is 2.16. The molecule has 2 aromatic rings. The third-order valence-corrected chi connectivity index (χ3v) is 6.72. The molecule has 0 spiro atoms. The van der Waals surface area contributed by atoms with Crippen LogP contribution in [0.15, 0.2) is 34.0 Å². The minimum atomic E-state index is -0.620. The van der Waals surface area contributed by atoms with Gasteiger partial charge in [0, 0.05) is 12.5 Å². The molecule has 1 aliphatic rings. The highest BCUT2D eigenvalue weighted by Gasteiger charge is 2.30. The highest BCUT2D eigenvalue weighted by atomic mass is 32.2. The molecule has 37 heavy (non-hydrogen) atoms. The number of amides is 1. The molecule has 1 atom stereocenters. The number of rotatable bonds is 9. The van der Waals surface area contributed by atoms with E-state index in [1.54, 1.807) is 25.1 Å². The van der Waals surface area contributed by atoms with Crippen LogP contribution in [0.1, 0.15) is 50.3 Å². The topological polar surface area (TPSA) is 117 Å². The molecule has 0 aliphatic heterocycles. The molecule has 1 amide bonds. The molecule has 9 nitrogen and oxygen atoms in total. The van der Waals surface area contributed by atoms with Crippen LogP contribution in [0.4, 0.5) is 0 Å². The van der Waals surface area contributed by atoms with E-state index in [1.165, 1.54) is 32.9 Å². The summed E-state index contributed by atoms with van der Waals surface area (Å²) in [6.07, 6.45) is 2.57. The molecule has 10 heteroatoms. The molecule has 0 fully saturated rings. The van der Waals surface area contributed by atoms with Gasteiger partial charge in [0.15, 0.2) is 16.9 Å². The largest absolute Gasteiger partial charge is 0.492 e. The zero-order valence-electron chi connectivity index (χ0n) is 21.6. The normalized spacial score (nSPS) is 13.9. The van der Waals surface area contributed by atoms with E-state index in [4.69, 9.17) is 18.9 Å². The summed E-state index contributed by atoms with van der Waals surface area (Å²) < 4.78 is 21.8. The van der Waals surface area contributed by atoms with Crippen molar-refractivity contribution in [1.82, 2.24) is 5.32 Å². The molecule has 3 rings (SSSR count).